The number of rotatable bonds is 6. The smallest absolute Gasteiger partial charge is 0.338 e. The molecule has 168 valence electrons. The quantitative estimate of drug-likeness (QED) is 0.219. The highest BCUT2D eigenvalue weighted by Crippen LogP contribution is 2.56. The fourth-order valence-electron chi connectivity index (χ4n) is 5.48. The molecule has 3 aliphatic rings. The minimum Gasteiger partial charge on any atom is -0.454 e. The molecule has 0 N–H and O–H groups in total. The van der Waals surface area contributed by atoms with E-state index in [1.54, 1.807) is 0 Å². The number of nitrogens with zero attached hydrogens (tertiary/aromatic N) is 2. The summed E-state index contributed by atoms with van der Waals surface area (Å²) in [6.45, 7) is -0.520. The highest BCUT2D eigenvalue weighted by molar-refractivity contribution is 6.22. The van der Waals surface area contributed by atoms with E-state index in [-0.39, 0.29) is 40.5 Å². The zero-order valence-corrected chi connectivity index (χ0v) is 17.5. The van der Waals surface area contributed by atoms with E-state index in [0.29, 0.717) is 17.5 Å². The van der Waals surface area contributed by atoms with Gasteiger partial charge in [0.25, 0.3) is 5.69 Å². The van der Waals surface area contributed by atoms with Crippen LogP contribution >= 0.6 is 0 Å². The summed E-state index contributed by atoms with van der Waals surface area (Å²) >= 11 is 0. The van der Waals surface area contributed by atoms with Gasteiger partial charge in [-0.2, -0.15) is 0 Å². The standard InChI is InChI=1S/C24H20N2O7/c27-19(13-3-9-18(10-4-13)26(31)32)12-33-24(30)14-5-7-17(8-6-14)25-22(28)20-15-1-2-16(11-15)21(20)23(25)29/h3-10,15-16,20-21H,1-2,11-12H2/t15-,16-,20-,21-/m0/s1. The molecule has 3 fully saturated rings. The summed E-state index contributed by atoms with van der Waals surface area (Å²) in [5.41, 5.74) is 0.649. The molecule has 4 atom stereocenters. The first kappa shape index (κ1) is 21.0. The van der Waals surface area contributed by atoms with Gasteiger partial charge in [-0.25, -0.2) is 4.79 Å². The summed E-state index contributed by atoms with van der Waals surface area (Å²) in [6.07, 6.45) is 2.97. The Hall–Kier alpha value is -3.88. The third kappa shape index (κ3) is 3.49. The Morgan fingerprint density at radius 3 is 2.00 bits per heavy atom. The second-order valence-electron chi connectivity index (χ2n) is 8.75. The van der Waals surface area contributed by atoms with Gasteiger partial charge in [0.15, 0.2) is 12.4 Å². The number of carbonyl (C=O) groups excluding carboxylic acids is 4. The lowest BCUT2D eigenvalue weighted by Crippen LogP contribution is -2.32. The Morgan fingerprint density at radius 2 is 1.45 bits per heavy atom. The number of Topliss-reactive ketones (excluding diaryl/α,β-unsaturated/α-hetero) is 1. The van der Waals surface area contributed by atoms with Crippen LogP contribution in [0, 0.1) is 33.8 Å². The van der Waals surface area contributed by atoms with E-state index >= 15 is 0 Å². The Balaban J connectivity index is 1.22. The number of amides is 2. The predicted octanol–water partition coefficient (Wildman–Crippen LogP) is 3.17. The lowest BCUT2D eigenvalue weighted by atomic mass is 9.81. The first-order valence-electron chi connectivity index (χ1n) is 10.8. The maximum atomic E-state index is 12.9. The number of ketones is 1. The summed E-state index contributed by atoms with van der Waals surface area (Å²) in [6, 6.07) is 11.0. The van der Waals surface area contributed by atoms with Crippen LogP contribution in [0.15, 0.2) is 48.5 Å². The van der Waals surface area contributed by atoms with Crippen molar-refractivity contribution in [3.63, 3.8) is 0 Å². The van der Waals surface area contributed by atoms with Crippen molar-refractivity contribution in [2.45, 2.75) is 19.3 Å². The van der Waals surface area contributed by atoms with E-state index in [2.05, 4.69) is 0 Å². The van der Waals surface area contributed by atoms with Crippen LogP contribution in [0.25, 0.3) is 0 Å². The lowest BCUT2D eigenvalue weighted by Gasteiger charge is -2.19. The number of fused-ring (bicyclic) bond motifs is 5. The first-order valence-corrected chi connectivity index (χ1v) is 10.8. The van der Waals surface area contributed by atoms with Crippen LogP contribution in [0.3, 0.4) is 0 Å². The van der Waals surface area contributed by atoms with E-state index in [0.717, 1.165) is 19.3 Å². The first-order chi connectivity index (χ1) is 15.8. The Morgan fingerprint density at radius 1 is 0.909 bits per heavy atom. The molecule has 2 bridgehead atoms. The Labute approximate surface area is 188 Å². The van der Waals surface area contributed by atoms with Gasteiger partial charge in [-0.1, -0.05) is 0 Å². The fraction of sp³-hybridized carbons (Fsp3) is 0.333. The number of hydrogen-bond donors (Lipinski definition) is 0. The van der Waals surface area contributed by atoms with Crippen molar-refractivity contribution in [2.24, 2.45) is 23.7 Å². The average molecular weight is 448 g/mol. The van der Waals surface area contributed by atoms with Crippen LogP contribution < -0.4 is 4.90 Å². The molecule has 2 aromatic carbocycles. The monoisotopic (exact) mass is 448 g/mol. The molecule has 2 aliphatic carbocycles. The molecule has 2 aromatic rings. The molecule has 2 amide bonds. The summed E-state index contributed by atoms with van der Waals surface area (Å²) in [5, 5.41) is 10.7. The van der Waals surface area contributed by atoms with Gasteiger partial charge in [-0.05, 0) is 67.5 Å². The molecule has 1 heterocycles. The highest BCUT2D eigenvalue weighted by Gasteiger charge is 2.61. The molecule has 1 saturated heterocycles. The number of imide groups is 1. The van der Waals surface area contributed by atoms with E-state index < -0.39 is 23.3 Å². The predicted molar refractivity (Wildman–Crippen MR) is 114 cm³/mol. The maximum absolute atomic E-state index is 12.9. The number of nitro benzene ring substituents is 1. The van der Waals surface area contributed by atoms with Gasteiger partial charge in [0.1, 0.15) is 0 Å². The maximum Gasteiger partial charge on any atom is 0.338 e. The molecule has 0 aromatic heterocycles. The van der Waals surface area contributed by atoms with Crippen molar-refractivity contribution in [1.82, 2.24) is 0 Å². The number of esters is 1. The third-order valence-corrected chi connectivity index (χ3v) is 7.02. The summed E-state index contributed by atoms with van der Waals surface area (Å²) in [4.78, 5) is 61.7. The molecule has 9 heteroatoms. The van der Waals surface area contributed by atoms with Gasteiger partial charge in [0.2, 0.25) is 11.8 Å². The number of hydrogen-bond acceptors (Lipinski definition) is 7. The molecule has 2 saturated carbocycles. The zero-order chi connectivity index (χ0) is 23.3. The normalized spacial score (nSPS) is 25.3. The van der Waals surface area contributed by atoms with Crippen molar-refractivity contribution >= 4 is 34.9 Å². The average Bonchev–Trinajstić information content (AvgIpc) is 3.51. The number of ether oxygens (including phenoxy) is 1. The van der Waals surface area contributed by atoms with Crippen LogP contribution in [0.5, 0.6) is 0 Å². The van der Waals surface area contributed by atoms with Crippen LogP contribution in [-0.2, 0) is 14.3 Å². The molecule has 0 unspecified atom stereocenters. The Bertz CT molecular complexity index is 1140. The zero-order valence-electron chi connectivity index (χ0n) is 17.5. The third-order valence-electron chi connectivity index (χ3n) is 7.02. The SMILES string of the molecule is O=C(COC(=O)c1ccc(N2C(=O)[C@H]3[C@H]4CC[C@@H](C4)[C@@H]3C2=O)cc1)c1ccc([N+](=O)[O-])cc1. The van der Waals surface area contributed by atoms with E-state index in [1.807, 2.05) is 0 Å². The summed E-state index contributed by atoms with van der Waals surface area (Å²) in [7, 11) is 0. The van der Waals surface area contributed by atoms with Crippen molar-refractivity contribution < 1.29 is 28.8 Å². The van der Waals surface area contributed by atoms with Crippen molar-refractivity contribution in [3.05, 3.63) is 69.8 Å². The molecular formula is C24H20N2O7. The summed E-state index contributed by atoms with van der Waals surface area (Å²) < 4.78 is 5.06. The van der Waals surface area contributed by atoms with Crippen LogP contribution in [0.1, 0.15) is 40.0 Å². The largest absolute Gasteiger partial charge is 0.454 e. The molecule has 5 rings (SSSR count). The molecule has 9 nitrogen and oxygen atoms in total. The second kappa shape index (κ2) is 7.91. The number of benzene rings is 2. The van der Waals surface area contributed by atoms with Gasteiger partial charge < -0.3 is 4.74 Å². The van der Waals surface area contributed by atoms with Crippen LogP contribution in [0.2, 0.25) is 0 Å². The molecule has 0 radical (unpaired) electrons. The molecule has 1 aliphatic heterocycles. The number of carbonyl (C=O) groups is 4. The highest BCUT2D eigenvalue weighted by atomic mass is 16.6. The molecular weight excluding hydrogens is 428 g/mol. The van der Waals surface area contributed by atoms with Gasteiger partial charge in [-0.15, -0.1) is 0 Å². The van der Waals surface area contributed by atoms with Crippen LogP contribution in [-0.4, -0.2) is 35.1 Å². The van der Waals surface area contributed by atoms with Crippen molar-refractivity contribution in [3.8, 4) is 0 Å². The molecule has 33 heavy (non-hydrogen) atoms. The Kier molecular flexibility index (Phi) is 5.03. The topological polar surface area (TPSA) is 124 Å². The van der Waals surface area contributed by atoms with Crippen molar-refractivity contribution in [2.75, 3.05) is 11.5 Å². The van der Waals surface area contributed by atoms with E-state index in [4.69, 9.17) is 4.74 Å². The second-order valence-corrected chi connectivity index (χ2v) is 8.75. The van der Waals surface area contributed by atoms with Gasteiger partial charge in [0.05, 0.1) is 28.0 Å². The minimum atomic E-state index is -0.731. The van der Waals surface area contributed by atoms with E-state index in [1.165, 1.54) is 53.4 Å². The minimum absolute atomic E-state index is 0.144. The molecule has 0 spiro atoms. The summed E-state index contributed by atoms with van der Waals surface area (Å²) in [5.74, 6) is -1.37. The fourth-order valence-corrected chi connectivity index (χ4v) is 5.48. The number of anilines is 1. The number of nitro groups is 1. The van der Waals surface area contributed by atoms with Gasteiger partial charge in [0, 0.05) is 17.7 Å². The lowest BCUT2D eigenvalue weighted by molar-refractivity contribution is -0.384. The van der Waals surface area contributed by atoms with E-state index in [9.17, 15) is 29.3 Å². The van der Waals surface area contributed by atoms with Crippen molar-refractivity contribution in [1.29, 1.82) is 0 Å². The number of non-ortho nitro benzene ring substituents is 1. The van der Waals surface area contributed by atoms with Crippen LogP contribution in [0.4, 0.5) is 11.4 Å². The van der Waals surface area contributed by atoms with Gasteiger partial charge in [-0.3, -0.25) is 29.4 Å². The van der Waals surface area contributed by atoms with Gasteiger partial charge >= 0.3 is 5.97 Å².